The van der Waals surface area contributed by atoms with Crippen molar-refractivity contribution in [3.8, 4) is 0 Å². The number of sulfonamides is 1. The minimum absolute atomic E-state index is 0.125. The average Bonchev–Trinajstić information content (AvgIpc) is 3.03. The third kappa shape index (κ3) is 3.38. The highest BCUT2D eigenvalue weighted by atomic mass is 32.2. The molecular weight excluding hydrogens is 373 g/mol. The van der Waals surface area contributed by atoms with E-state index in [4.69, 9.17) is 0 Å². The van der Waals surface area contributed by atoms with Crippen LogP contribution in [0.15, 0.2) is 59.5 Å². The maximum Gasteiger partial charge on any atom is 0.264 e. The lowest BCUT2D eigenvalue weighted by molar-refractivity contribution is -0.117. The van der Waals surface area contributed by atoms with Gasteiger partial charge in [0.2, 0.25) is 11.9 Å². The van der Waals surface area contributed by atoms with Crippen LogP contribution in [0, 0.1) is 5.82 Å². The van der Waals surface area contributed by atoms with Gasteiger partial charge in [0.1, 0.15) is 5.82 Å². The van der Waals surface area contributed by atoms with Crippen molar-refractivity contribution in [3.05, 3.63) is 66.0 Å². The fourth-order valence-electron chi connectivity index (χ4n) is 2.83. The minimum atomic E-state index is -3.99. The molecule has 1 atom stereocenters. The molecule has 27 heavy (non-hydrogen) atoms. The van der Waals surface area contributed by atoms with Crippen molar-refractivity contribution in [3.63, 3.8) is 0 Å². The predicted octanol–water partition coefficient (Wildman–Crippen LogP) is 2.15. The lowest BCUT2D eigenvalue weighted by atomic mass is 10.0. The van der Waals surface area contributed by atoms with Crippen LogP contribution in [0.4, 0.5) is 16.3 Å². The SMILES string of the molecule is O=C1C[C@H](c2ccccc2)n2nc(NS(=O)(=O)c3ccc(F)cc3)nc2N1. The topological polar surface area (TPSA) is 106 Å². The summed E-state index contributed by atoms with van der Waals surface area (Å²) in [5.74, 6) is -0.816. The predicted molar refractivity (Wildman–Crippen MR) is 95.1 cm³/mol. The molecule has 2 heterocycles. The molecule has 0 aliphatic carbocycles. The largest absolute Gasteiger partial charge is 0.295 e. The summed E-state index contributed by atoms with van der Waals surface area (Å²) in [5, 5.41) is 6.78. The third-order valence-corrected chi connectivity index (χ3v) is 5.43. The standard InChI is InChI=1S/C17H14FN5O3S/c18-12-6-8-13(9-7-12)27(25,26)22-16-20-17-19-15(24)10-14(23(17)21-16)11-4-2-1-3-5-11/h1-9,14H,10H2,(H2,19,20,21,22,24)/t14-/m1/s1. The van der Waals surface area contributed by atoms with Crippen molar-refractivity contribution in [2.24, 2.45) is 0 Å². The molecule has 1 aliphatic rings. The molecule has 3 aromatic rings. The van der Waals surface area contributed by atoms with Gasteiger partial charge in [0.05, 0.1) is 17.4 Å². The molecule has 1 aliphatic heterocycles. The number of rotatable bonds is 4. The maximum absolute atomic E-state index is 13.0. The number of nitrogens with zero attached hydrogens (tertiary/aromatic N) is 3. The van der Waals surface area contributed by atoms with Gasteiger partial charge in [0, 0.05) is 0 Å². The van der Waals surface area contributed by atoms with Crippen LogP contribution in [0.5, 0.6) is 0 Å². The van der Waals surface area contributed by atoms with Gasteiger partial charge >= 0.3 is 0 Å². The monoisotopic (exact) mass is 387 g/mol. The van der Waals surface area contributed by atoms with Gasteiger partial charge in [-0.05, 0) is 29.8 Å². The number of aromatic nitrogens is 3. The van der Waals surface area contributed by atoms with E-state index in [0.717, 1.165) is 29.8 Å². The summed E-state index contributed by atoms with van der Waals surface area (Å²) in [6.07, 6.45) is 0.157. The van der Waals surface area contributed by atoms with E-state index in [9.17, 15) is 17.6 Å². The molecule has 138 valence electrons. The Balaban J connectivity index is 1.67. The summed E-state index contributed by atoms with van der Waals surface area (Å²) in [7, 11) is -3.99. The number of amides is 1. The Morgan fingerprint density at radius 2 is 1.81 bits per heavy atom. The maximum atomic E-state index is 13.0. The molecule has 0 saturated heterocycles. The normalized spacial score (nSPS) is 16.5. The Kier molecular flexibility index (Phi) is 4.11. The lowest BCUT2D eigenvalue weighted by Crippen LogP contribution is -2.29. The first-order valence-electron chi connectivity index (χ1n) is 8.02. The summed E-state index contributed by atoms with van der Waals surface area (Å²) in [6.45, 7) is 0. The molecule has 1 amide bonds. The van der Waals surface area contributed by atoms with Gasteiger partial charge in [-0.1, -0.05) is 30.3 Å². The highest BCUT2D eigenvalue weighted by Crippen LogP contribution is 2.30. The number of hydrogen-bond donors (Lipinski definition) is 2. The second-order valence-corrected chi connectivity index (χ2v) is 7.62. The van der Waals surface area contributed by atoms with Crippen molar-refractivity contribution in [2.45, 2.75) is 17.4 Å². The first-order valence-corrected chi connectivity index (χ1v) is 9.50. The van der Waals surface area contributed by atoms with Crippen LogP contribution < -0.4 is 10.0 Å². The smallest absolute Gasteiger partial charge is 0.264 e. The van der Waals surface area contributed by atoms with E-state index in [-0.39, 0.29) is 29.1 Å². The molecular formula is C17H14FN5O3S. The van der Waals surface area contributed by atoms with E-state index >= 15 is 0 Å². The molecule has 0 saturated carbocycles. The zero-order valence-corrected chi connectivity index (χ0v) is 14.6. The van der Waals surface area contributed by atoms with E-state index in [2.05, 4.69) is 20.1 Å². The Hall–Kier alpha value is -3.27. The number of nitrogens with one attached hydrogen (secondary N) is 2. The van der Waals surface area contributed by atoms with Crippen LogP contribution in [0.3, 0.4) is 0 Å². The van der Waals surface area contributed by atoms with Gasteiger partial charge < -0.3 is 0 Å². The molecule has 0 spiro atoms. The number of hydrogen-bond acceptors (Lipinski definition) is 5. The second-order valence-electron chi connectivity index (χ2n) is 5.94. The molecule has 0 bridgehead atoms. The van der Waals surface area contributed by atoms with Gasteiger partial charge in [-0.3, -0.25) is 10.1 Å². The summed E-state index contributed by atoms with van der Waals surface area (Å²) in [5.41, 5.74) is 0.853. The summed E-state index contributed by atoms with van der Waals surface area (Å²) in [4.78, 5) is 15.9. The summed E-state index contributed by atoms with van der Waals surface area (Å²) < 4.78 is 41.6. The van der Waals surface area contributed by atoms with Gasteiger partial charge in [0.15, 0.2) is 0 Å². The molecule has 1 aromatic heterocycles. The quantitative estimate of drug-likeness (QED) is 0.714. The minimum Gasteiger partial charge on any atom is -0.295 e. The number of benzene rings is 2. The van der Waals surface area contributed by atoms with E-state index in [0.29, 0.717) is 0 Å². The highest BCUT2D eigenvalue weighted by molar-refractivity contribution is 7.92. The molecule has 2 N–H and O–H groups in total. The van der Waals surface area contributed by atoms with Crippen molar-refractivity contribution in [1.82, 2.24) is 14.8 Å². The van der Waals surface area contributed by atoms with Crippen LogP contribution in [0.1, 0.15) is 18.0 Å². The van der Waals surface area contributed by atoms with E-state index in [1.807, 2.05) is 30.3 Å². The fourth-order valence-corrected chi connectivity index (χ4v) is 3.77. The zero-order valence-electron chi connectivity index (χ0n) is 13.8. The first-order chi connectivity index (χ1) is 12.9. The number of halogens is 1. The van der Waals surface area contributed by atoms with Crippen LogP contribution in [-0.2, 0) is 14.8 Å². The van der Waals surface area contributed by atoms with Crippen LogP contribution in [-0.4, -0.2) is 29.1 Å². The van der Waals surface area contributed by atoms with Gasteiger partial charge in [-0.15, -0.1) is 5.10 Å². The van der Waals surface area contributed by atoms with E-state index in [1.165, 1.54) is 4.68 Å². The summed E-state index contributed by atoms with van der Waals surface area (Å²) in [6, 6.07) is 13.2. The van der Waals surface area contributed by atoms with Crippen LogP contribution >= 0.6 is 0 Å². The van der Waals surface area contributed by atoms with Crippen LogP contribution in [0.25, 0.3) is 0 Å². The van der Waals surface area contributed by atoms with E-state index < -0.39 is 21.9 Å². The highest BCUT2D eigenvalue weighted by Gasteiger charge is 2.30. The van der Waals surface area contributed by atoms with Crippen molar-refractivity contribution in [1.29, 1.82) is 0 Å². The number of carbonyl (C=O) groups is 1. The Morgan fingerprint density at radius 3 is 2.52 bits per heavy atom. The average molecular weight is 387 g/mol. The molecule has 0 radical (unpaired) electrons. The van der Waals surface area contributed by atoms with Crippen molar-refractivity contribution >= 4 is 27.8 Å². The Labute approximate surface area is 154 Å². The first kappa shape index (κ1) is 17.2. The number of fused-ring (bicyclic) bond motifs is 1. The second kappa shape index (κ2) is 6.47. The third-order valence-electron chi connectivity index (χ3n) is 4.09. The zero-order chi connectivity index (χ0) is 19.0. The molecule has 4 rings (SSSR count). The molecule has 2 aromatic carbocycles. The van der Waals surface area contributed by atoms with Gasteiger partial charge in [0.25, 0.3) is 16.0 Å². The summed E-state index contributed by atoms with van der Waals surface area (Å²) >= 11 is 0. The molecule has 0 unspecified atom stereocenters. The number of carbonyl (C=O) groups excluding carboxylic acids is 1. The Bertz CT molecular complexity index is 1100. The van der Waals surface area contributed by atoms with Gasteiger partial charge in [-0.25, -0.2) is 22.2 Å². The lowest BCUT2D eigenvalue weighted by Gasteiger charge is -2.23. The Morgan fingerprint density at radius 1 is 1.11 bits per heavy atom. The number of anilines is 2. The van der Waals surface area contributed by atoms with Crippen LogP contribution in [0.2, 0.25) is 0 Å². The van der Waals surface area contributed by atoms with Crippen molar-refractivity contribution in [2.75, 3.05) is 10.0 Å². The fraction of sp³-hybridized carbons (Fsp3) is 0.118. The van der Waals surface area contributed by atoms with E-state index in [1.54, 1.807) is 0 Å². The van der Waals surface area contributed by atoms with Crippen molar-refractivity contribution < 1.29 is 17.6 Å². The molecule has 8 nitrogen and oxygen atoms in total. The molecule has 0 fully saturated rings. The molecule has 10 heteroatoms. The van der Waals surface area contributed by atoms with Gasteiger partial charge in [-0.2, -0.15) is 4.98 Å².